The second-order valence-electron chi connectivity index (χ2n) is 4.52. The summed E-state index contributed by atoms with van der Waals surface area (Å²) in [5.41, 5.74) is 0.883. The molecule has 1 aliphatic heterocycles. The van der Waals surface area contributed by atoms with E-state index in [1.807, 2.05) is 0 Å². The Balaban J connectivity index is 1.87. The maximum Gasteiger partial charge on any atom is 0.212 e. The Morgan fingerprint density at radius 1 is 1.53 bits per heavy atom. The molecule has 2 unspecified atom stereocenters. The first kappa shape index (κ1) is 12.3. The fourth-order valence-corrected chi connectivity index (χ4v) is 2.23. The van der Waals surface area contributed by atoms with Gasteiger partial charge in [0.25, 0.3) is 0 Å². The van der Waals surface area contributed by atoms with Crippen molar-refractivity contribution in [3.8, 4) is 0 Å². The lowest BCUT2D eigenvalue weighted by atomic mass is 10.00. The van der Waals surface area contributed by atoms with Crippen LogP contribution in [0.3, 0.4) is 0 Å². The van der Waals surface area contributed by atoms with E-state index in [1.165, 1.54) is 6.07 Å². The molecule has 0 bridgehead atoms. The summed E-state index contributed by atoms with van der Waals surface area (Å²) in [5, 5.41) is 3.39. The Kier molecular flexibility index (Phi) is 4.31. The lowest BCUT2D eigenvalue weighted by molar-refractivity contribution is 0.00597. The molecule has 1 aromatic rings. The normalized spacial score (nSPS) is 24.6. The van der Waals surface area contributed by atoms with Gasteiger partial charge < -0.3 is 10.1 Å². The first-order valence-corrected chi connectivity index (χ1v) is 6.27. The molecule has 3 nitrogen and oxygen atoms in total. The van der Waals surface area contributed by atoms with E-state index in [1.54, 1.807) is 12.3 Å². The molecule has 0 aromatic carbocycles. The van der Waals surface area contributed by atoms with Crippen molar-refractivity contribution >= 4 is 5.69 Å². The van der Waals surface area contributed by atoms with Crippen molar-refractivity contribution in [2.45, 2.75) is 44.8 Å². The van der Waals surface area contributed by atoms with Crippen LogP contribution >= 0.6 is 0 Å². The topological polar surface area (TPSA) is 34.2 Å². The summed E-state index contributed by atoms with van der Waals surface area (Å²) in [4.78, 5) is 3.64. The van der Waals surface area contributed by atoms with Gasteiger partial charge in [-0.1, -0.05) is 13.3 Å². The number of anilines is 1. The lowest BCUT2D eigenvalue weighted by Crippen LogP contribution is -2.34. The van der Waals surface area contributed by atoms with Gasteiger partial charge in [-0.05, 0) is 31.4 Å². The number of aromatic nitrogens is 1. The van der Waals surface area contributed by atoms with Crippen LogP contribution < -0.4 is 5.32 Å². The molecule has 1 aliphatic rings. The van der Waals surface area contributed by atoms with Gasteiger partial charge in [-0.2, -0.15) is 4.39 Å². The second kappa shape index (κ2) is 5.96. The van der Waals surface area contributed by atoms with Crippen LogP contribution in [0.2, 0.25) is 0 Å². The van der Waals surface area contributed by atoms with Crippen LogP contribution in [-0.4, -0.2) is 23.7 Å². The average molecular weight is 238 g/mol. The Bertz CT molecular complexity index is 340. The maximum absolute atomic E-state index is 12.7. The van der Waals surface area contributed by atoms with Crippen molar-refractivity contribution in [3.05, 3.63) is 24.3 Å². The van der Waals surface area contributed by atoms with Crippen molar-refractivity contribution in [3.63, 3.8) is 0 Å². The number of ether oxygens (including phenoxy) is 1. The van der Waals surface area contributed by atoms with E-state index in [2.05, 4.69) is 17.2 Å². The van der Waals surface area contributed by atoms with Gasteiger partial charge in [0.1, 0.15) is 0 Å². The SMILES string of the molecule is CCCC1CC(Nc2ccc(F)nc2)CCO1. The fraction of sp³-hybridized carbons (Fsp3) is 0.615. The zero-order valence-corrected chi connectivity index (χ0v) is 10.2. The molecule has 2 atom stereocenters. The van der Waals surface area contributed by atoms with Gasteiger partial charge in [0, 0.05) is 12.6 Å². The molecule has 2 heterocycles. The van der Waals surface area contributed by atoms with Crippen molar-refractivity contribution in [2.75, 3.05) is 11.9 Å². The van der Waals surface area contributed by atoms with Gasteiger partial charge in [0.15, 0.2) is 0 Å². The Labute approximate surface area is 101 Å². The highest BCUT2D eigenvalue weighted by Gasteiger charge is 2.21. The number of hydrogen-bond acceptors (Lipinski definition) is 3. The van der Waals surface area contributed by atoms with Crippen molar-refractivity contribution in [2.24, 2.45) is 0 Å². The van der Waals surface area contributed by atoms with Crippen molar-refractivity contribution < 1.29 is 9.13 Å². The number of pyridine rings is 1. The minimum atomic E-state index is -0.439. The fourth-order valence-electron chi connectivity index (χ4n) is 2.23. The molecule has 0 spiro atoms. The summed E-state index contributed by atoms with van der Waals surface area (Å²) < 4.78 is 18.4. The summed E-state index contributed by atoms with van der Waals surface area (Å²) in [6.07, 6.45) is 6.18. The first-order valence-electron chi connectivity index (χ1n) is 6.27. The number of rotatable bonds is 4. The third-order valence-electron chi connectivity index (χ3n) is 3.08. The lowest BCUT2D eigenvalue weighted by Gasteiger charge is -2.30. The Hall–Kier alpha value is -1.16. The molecular weight excluding hydrogens is 219 g/mol. The Morgan fingerprint density at radius 2 is 2.41 bits per heavy atom. The summed E-state index contributed by atoms with van der Waals surface area (Å²) in [5.74, 6) is -0.439. The van der Waals surface area contributed by atoms with Crippen LogP contribution in [0, 0.1) is 5.95 Å². The highest BCUT2D eigenvalue weighted by Crippen LogP contribution is 2.21. The minimum Gasteiger partial charge on any atom is -0.381 e. The van der Waals surface area contributed by atoms with Gasteiger partial charge >= 0.3 is 0 Å². The Morgan fingerprint density at radius 3 is 3.12 bits per heavy atom. The molecule has 1 aromatic heterocycles. The highest BCUT2D eigenvalue weighted by molar-refractivity contribution is 5.41. The summed E-state index contributed by atoms with van der Waals surface area (Å²) in [6.45, 7) is 2.97. The molecule has 1 fully saturated rings. The van der Waals surface area contributed by atoms with Crippen LogP contribution in [0.4, 0.5) is 10.1 Å². The number of nitrogens with zero attached hydrogens (tertiary/aromatic N) is 1. The quantitative estimate of drug-likeness (QED) is 0.819. The molecule has 0 saturated carbocycles. The first-order chi connectivity index (χ1) is 8.28. The number of nitrogens with one attached hydrogen (secondary N) is 1. The van der Waals surface area contributed by atoms with E-state index < -0.39 is 5.95 Å². The van der Waals surface area contributed by atoms with Gasteiger partial charge in [-0.25, -0.2) is 4.98 Å². The monoisotopic (exact) mass is 238 g/mol. The van der Waals surface area contributed by atoms with Gasteiger partial charge in [0.05, 0.1) is 18.0 Å². The molecule has 0 aliphatic carbocycles. The highest BCUT2D eigenvalue weighted by atomic mass is 19.1. The van der Waals surface area contributed by atoms with Crippen LogP contribution in [0.25, 0.3) is 0 Å². The third kappa shape index (κ3) is 3.66. The molecular formula is C13H19FN2O. The molecule has 1 saturated heterocycles. The summed E-state index contributed by atoms with van der Waals surface area (Å²) in [6, 6.07) is 3.52. The van der Waals surface area contributed by atoms with Gasteiger partial charge in [0.2, 0.25) is 5.95 Å². The molecule has 17 heavy (non-hydrogen) atoms. The smallest absolute Gasteiger partial charge is 0.212 e. The summed E-state index contributed by atoms with van der Waals surface area (Å²) in [7, 11) is 0. The molecule has 94 valence electrons. The molecule has 1 N–H and O–H groups in total. The average Bonchev–Trinajstić information content (AvgIpc) is 2.33. The van der Waals surface area contributed by atoms with Crippen LogP contribution in [0.15, 0.2) is 18.3 Å². The zero-order valence-electron chi connectivity index (χ0n) is 10.2. The molecule has 0 amide bonds. The number of hydrogen-bond donors (Lipinski definition) is 1. The van der Waals surface area contributed by atoms with E-state index in [0.717, 1.165) is 38.0 Å². The predicted molar refractivity (Wildman–Crippen MR) is 65.5 cm³/mol. The van der Waals surface area contributed by atoms with Gasteiger partial charge in [-0.3, -0.25) is 0 Å². The van der Waals surface area contributed by atoms with Crippen molar-refractivity contribution in [1.82, 2.24) is 4.98 Å². The third-order valence-corrected chi connectivity index (χ3v) is 3.08. The maximum atomic E-state index is 12.7. The van der Waals surface area contributed by atoms with Gasteiger partial charge in [-0.15, -0.1) is 0 Å². The van der Waals surface area contributed by atoms with Crippen LogP contribution in [0.1, 0.15) is 32.6 Å². The molecule has 0 radical (unpaired) electrons. The van der Waals surface area contributed by atoms with E-state index in [-0.39, 0.29) is 0 Å². The van der Waals surface area contributed by atoms with E-state index in [0.29, 0.717) is 12.1 Å². The largest absolute Gasteiger partial charge is 0.381 e. The second-order valence-corrected chi connectivity index (χ2v) is 4.52. The van der Waals surface area contributed by atoms with Crippen LogP contribution in [-0.2, 0) is 4.74 Å². The molecule has 4 heteroatoms. The zero-order chi connectivity index (χ0) is 12.1. The summed E-state index contributed by atoms with van der Waals surface area (Å²) >= 11 is 0. The standard InChI is InChI=1S/C13H19FN2O/c1-2-3-12-8-10(6-7-17-12)16-11-4-5-13(14)15-9-11/h4-5,9-10,12,16H,2-3,6-8H2,1H3. The predicted octanol–water partition coefficient (Wildman–Crippen LogP) is 2.98. The van der Waals surface area contributed by atoms with Crippen molar-refractivity contribution in [1.29, 1.82) is 0 Å². The minimum absolute atomic E-state index is 0.361. The molecule has 2 rings (SSSR count). The van der Waals surface area contributed by atoms with E-state index in [4.69, 9.17) is 4.74 Å². The van der Waals surface area contributed by atoms with E-state index >= 15 is 0 Å². The number of halogens is 1. The van der Waals surface area contributed by atoms with E-state index in [9.17, 15) is 4.39 Å². The van der Waals surface area contributed by atoms with Crippen LogP contribution in [0.5, 0.6) is 0 Å².